The van der Waals surface area contributed by atoms with Gasteiger partial charge in [-0.2, -0.15) is 0 Å². The minimum Gasteiger partial charge on any atom is -0.399 e. The van der Waals surface area contributed by atoms with Gasteiger partial charge in [-0.1, -0.05) is 13.8 Å². The van der Waals surface area contributed by atoms with Crippen LogP contribution < -0.4 is 10.5 Å². The van der Waals surface area contributed by atoms with Gasteiger partial charge in [0.2, 0.25) is 10.0 Å². The zero-order valence-electron chi connectivity index (χ0n) is 11.8. The topological polar surface area (TPSA) is 72.2 Å². The highest BCUT2D eigenvalue weighted by Crippen LogP contribution is 2.21. The van der Waals surface area contributed by atoms with Gasteiger partial charge in [0.25, 0.3) is 0 Å². The van der Waals surface area contributed by atoms with Crippen molar-refractivity contribution in [2.24, 2.45) is 5.92 Å². The van der Waals surface area contributed by atoms with E-state index in [1.807, 2.05) is 13.8 Å². The molecular weight excluding hydrogens is 286 g/mol. The lowest BCUT2D eigenvalue weighted by molar-refractivity contribution is 0.471. The Morgan fingerprint density at radius 1 is 1.20 bits per heavy atom. The molecule has 1 aromatic rings. The molecule has 20 heavy (non-hydrogen) atoms. The van der Waals surface area contributed by atoms with Gasteiger partial charge in [-0.05, 0) is 37.8 Å². The number of rotatable bonds is 6. The number of hydrogen-bond acceptors (Lipinski definition) is 3. The van der Waals surface area contributed by atoms with E-state index in [-0.39, 0.29) is 11.7 Å². The average molecular weight is 306 g/mol. The maximum absolute atomic E-state index is 13.6. The molecule has 1 atom stereocenters. The van der Waals surface area contributed by atoms with Crippen molar-refractivity contribution in [3.63, 3.8) is 0 Å². The van der Waals surface area contributed by atoms with Crippen molar-refractivity contribution in [3.05, 3.63) is 23.8 Å². The minimum atomic E-state index is -4.13. The Hall–Kier alpha value is -1.21. The van der Waals surface area contributed by atoms with E-state index in [1.54, 1.807) is 6.92 Å². The second-order valence-electron chi connectivity index (χ2n) is 5.31. The smallest absolute Gasteiger partial charge is 0.243 e. The van der Waals surface area contributed by atoms with E-state index in [9.17, 15) is 17.2 Å². The van der Waals surface area contributed by atoms with Crippen LogP contribution in [0.3, 0.4) is 0 Å². The van der Waals surface area contributed by atoms with Crippen molar-refractivity contribution in [2.75, 3.05) is 5.73 Å². The van der Waals surface area contributed by atoms with Gasteiger partial charge in [0.1, 0.15) is 4.90 Å². The van der Waals surface area contributed by atoms with E-state index in [2.05, 4.69) is 4.72 Å². The van der Waals surface area contributed by atoms with Crippen molar-refractivity contribution in [1.82, 2.24) is 4.72 Å². The first-order chi connectivity index (χ1) is 9.13. The molecule has 4 nitrogen and oxygen atoms in total. The molecule has 0 aliphatic carbocycles. The van der Waals surface area contributed by atoms with E-state index in [0.717, 1.165) is 18.6 Å². The van der Waals surface area contributed by atoms with Crippen LogP contribution >= 0.6 is 0 Å². The molecule has 0 saturated carbocycles. The van der Waals surface area contributed by atoms with Gasteiger partial charge < -0.3 is 5.73 Å². The summed E-state index contributed by atoms with van der Waals surface area (Å²) in [6.45, 7) is 5.73. The fraction of sp³-hybridized carbons (Fsp3) is 0.538. The molecule has 0 aromatic heterocycles. The first-order valence-electron chi connectivity index (χ1n) is 6.40. The van der Waals surface area contributed by atoms with Crippen molar-refractivity contribution >= 4 is 15.7 Å². The first-order valence-corrected chi connectivity index (χ1v) is 7.88. The van der Waals surface area contributed by atoms with Crippen molar-refractivity contribution in [3.8, 4) is 0 Å². The Kier molecular flexibility index (Phi) is 5.47. The molecule has 0 bridgehead atoms. The summed E-state index contributed by atoms with van der Waals surface area (Å²) in [4.78, 5) is -0.758. The highest BCUT2D eigenvalue weighted by Gasteiger charge is 2.24. The Balaban J connectivity index is 2.94. The molecular formula is C13H20F2N2O2S. The van der Waals surface area contributed by atoms with Crippen molar-refractivity contribution in [2.45, 2.75) is 44.6 Å². The summed E-state index contributed by atoms with van der Waals surface area (Å²) in [6.07, 6.45) is 1.45. The SMILES string of the molecule is CC(C)CCC(C)NS(=O)(=O)c1cc(N)cc(F)c1F. The van der Waals surface area contributed by atoms with Gasteiger partial charge in [-0.25, -0.2) is 21.9 Å². The molecule has 1 rings (SSSR count). The first kappa shape index (κ1) is 16.8. The quantitative estimate of drug-likeness (QED) is 0.794. The van der Waals surface area contributed by atoms with Crippen LogP contribution in [0.1, 0.15) is 33.6 Å². The predicted octanol–water partition coefficient (Wildman–Crippen LogP) is 2.65. The average Bonchev–Trinajstić information content (AvgIpc) is 2.30. The van der Waals surface area contributed by atoms with E-state index >= 15 is 0 Å². The van der Waals surface area contributed by atoms with E-state index in [1.165, 1.54) is 0 Å². The number of nitrogen functional groups attached to an aromatic ring is 1. The molecule has 1 aromatic carbocycles. The normalized spacial score (nSPS) is 13.7. The molecule has 0 heterocycles. The summed E-state index contributed by atoms with van der Waals surface area (Å²) < 4.78 is 53.2. The fourth-order valence-corrected chi connectivity index (χ4v) is 3.15. The lowest BCUT2D eigenvalue weighted by atomic mass is 10.1. The number of hydrogen-bond donors (Lipinski definition) is 2. The second kappa shape index (κ2) is 6.49. The highest BCUT2D eigenvalue weighted by molar-refractivity contribution is 7.89. The maximum Gasteiger partial charge on any atom is 0.243 e. The van der Waals surface area contributed by atoms with Crippen LogP contribution in [-0.2, 0) is 10.0 Å². The molecule has 0 saturated heterocycles. The lowest BCUT2D eigenvalue weighted by Gasteiger charge is -2.16. The Bertz CT molecular complexity index is 574. The van der Waals surface area contributed by atoms with Crippen molar-refractivity contribution in [1.29, 1.82) is 0 Å². The fourth-order valence-electron chi connectivity index (χ4n) is 1.75. The van der Waals surface area contributed by atoms with E-state index in [4.69, 9.17) is 5.73 Å². The summed E-state index contributed by atoms with van der Waals surface area (Å²) in [5.74, 6) is -2.26. The van der Waals surface area contributed by atoms with Gasteiger partial charge in [-0.15, -0.1) is 0 Å². The zero-order valence-corrected chi connectivity index (χ0v) is 12.6. The number of sulfonamides is 1. The third-order valence-electron chi connectivity index (χ3n) is 2.84. The standard InChI is InChI=1S/C13H20F2N2O2S/c1-8(2)4-5-9(3)17-20(18,19)12-7-10(16)6-11(14)13(12)15/h6-9,17H,4-5,16H2,1-3H3. The largest absolute Gasteiger partial charge is 0.399 e. The van der Waals surface area contributed by atoms with Crippen LogP contribution in [0, 0.1) is 17.6 Å². The van der Waals surface area contributed by atoms with Crippen LogP contribution in [0.5, 0.6) is 0 Å². The molecule has 1 unspecified atom stereocenters. The molecule has 7 heteroatoms. The van der Waals surface area contributed by atoms with Gasteiger partial charge in [0.15, 0.2) is 11.6 Å². The summed E-state index contributed by atoms with van der Waals surface area (Å²) in [5, 5.41) is 0. The van der Waals surface area contributed by atoms with Gasteiger partial charge in [0.05, 0.1) is 0 Å². The Morgan fingerprint density at radius 2 is 1.80 bits per heavy atom. The second-order valence-corrected chi connectivity index (χ2v) is 6.99. The summed E-state index contributed by atoms with van der Waals surface area (Å²) in [7, 11) is -4.13. The minimum absolute atomic E-state index is 0.140. The molecule has 0 amide bonds. The number of nitrogens with two attached hydrogens (primary N) is 1. The molecule has 0 radical (unpaired) electrons. The van der Waals surface area contributed by atoms with Crippen LogP contribution in [0.4, 0.5) is 14.5 Å². The number of benzene rings is 1. The van der Waals surface area contributed by atoms with E-state index < -0.39 is 26.6 Å². The lowest BCUT2D eigenvalue weighted by Crippen LogP contribution is -2.33. The van der Waals surface area contributed by atoms with Gasteiger partial charge in [-0.3, -0.25) is 0 Å². The summed E-state index contributed by atoms with van der Waals surface area (Å²) >= 11 is 0. The van der Waals surface area contributed by atoms with Gasteiger partial charge in [0, 0.05) is 11.7 Å². The summed E-state index contributed by atoms with van der Waals surface area (Å²) in [6, 6.07) is 1.29. The van der Waals surface area contributed by atoms with Crippen LogP contribution in [0.15, 0.2) is 17.0 Å². The molecule has 0 aliphatic rings. The molecule has 0 fully saturated rings. The van der Waals surface area contributed by atoms with Crippen LogP contribution in [-0.4, -0.2) is 14.5 Å². The van der Waals surface area contributed by atoms with Crippen molar-refractivity contribution < 1.29 is 17.2 Å². The summed E-state index contributed by atoms with van der Waals surface area (Å²) in [5.41, 5.74) is 5.22. The zero-order chi connectivity index (χ0) is 15.5. The third kappa shape index (κ3) is 4.42. The molecule has 0 spiro atoms. The van der Waals surface area contributed by atoms with E-state index in [0.29, 0.717) is 12.3 Å². The number of anilines is 1. The van der Waals surface area contributed by atoms with Crippen LogP contribution in [0.2, 0.25) is 0 Å². The highest BCUT2D eigenvalue weighted by atomic mass is 32.2. The monoisotopic (exact) mass is 306 g/mol. The molecule has 3 N–H and O–H groups in total. The van der Waals surface area contributed by atoms with Gasteiger partial charge >= 0.3 is 0 Å². The molecule has 114 valence electrons. The maximum atomic E-state index is 13.6. The Morgan fingerprint density at radius 3 is 2.35 bits per heavy atom. The number of halogens is 2. The third-order valence-corrected chi connectivity index (χ3v) is 4.43. The predicted molar refractivity (Wildman–Crippen MR) is 74.6 cm³/mol. The number of nitrogens with one attached hydrogen (secondary N) is 1. The molecule has 0 aliphatic heterocycles. The Labute approximate surface area is 118 Å². The van der Waals surface area contributed by atoms with Crippen LogP contribution in [0.25, 0.3) is 0 Å².